The molecule has 2 atom stereocenters. The normalized spacial score (nSPS) is 12.9. The monoisotopic (exact) mass is 390 g/mol. The van der Waals surface area contributed by atoms with Gasteiger partial charge in [0.2, 0.25) is 0 Å². The topological polar surface area (TPSA) is 235 Å². The standard InChI is InChI=1S/2C3H7NO5S.C2H4.Na.H/c2*4-2(3(5)6)1-10(7,8)9;1-2;;/h2*2H,1,4H2,(H,5,6)(H,7,8,9);1-2H2;;. The fraction of sp³-hybridized carbons (Fsp3) is 0.500. The summed E-state index contributed by atoms with van der Waals surface area (Å²) in [6, 6.07) is -3.12. The molecule has 0 aromatic carbocycles. The summed E-state index contributed by atoms with van der Waals surface area (Å²) in [5.41, 5.74) is 9.53. The van der Waals surface area contributed by atoms with Crippen molar-refractivity contribution in [1.82, 2.24) is 0 Å². The van der Waals surface area contributed by atoms with E-state index in [1.54, 1.807) is 0 Å². The Morgan fingerprint density at radius 3 is 1.04 bits per heavy atom. The van der Waals surface area contributed by atoms with Gasteiger partial charge in [0.05, 0.1) is 0 Å². The van der Waals surface area contributed by atoms with Crippen LogP contribution in [0.25, 0.3) is 0 Å². The van der Waals surface area contributed by atoms with Gasteiger partial charge in [-0.3, -0.25) is 18.7 Å². The van der Waals surface area contributed by atoms with Crippen molar-refractivity contribution in [2.45, 2.75) is 12.1 Å². The number of aliphatic carboxylic acids is 2. The van der Waals surface area contributed by atoms with Crippen molar-refractivity contribution in [3.8, 4) is 0 Å². The first-order valence-corrected chi connectivity index (χ1v) is 8.24. The molecule has 15 heteroatoms. The molecule has 0 saturated heterocycles. The molecule has 134 valence electrons. The van der Waals surface area contributed by atoms with Crippen LogP contribution in [0.1, 0.15) is 0 Å². The molecule has 0 fully saturated rings. The van der Waals surface area contributed by atoms with Crippen molar-refractivity contribution in [2.75, 3.05) is 11.5 Å². The first kappa shape index (κ1) is 30.3. The maximum atomic E-state index is 9.96. The van der Waals surface area contributed by atoms with Gasteiger partial charge in [-0.25, -0.2) is 0 Å². The fourth-order valence-corrected chi connectivity index (χ4v) is 1.79. The molecule has 0 radical (unpaired) electrons. The first-order valence-electron chi connectivity index (χ1n) is 5.03. The van der Waals surface area contributed by atoms with Gasteiger partial charge in [-0.05, 0) is 0 Å². The summed E-state index contributed by atoms with van der Waals surface area (Å²) in [6.07, 6.45) is 0. The van der Waals surface area contributed by atoms with Crippen LogP contribution in [0.3, 0.4) is 0 Å². The van der Waals surface area contributed by atoms with Crippen LogP contribution in [-0.2, 0) is 29.8 Å². The van der Waals surface area contributed by atoms with Crippen LogP contribution in [0.2, 0.25) is 0 Å². The van der Waals surface area contributed by atoms with E-state index in [2.05, 4.69) is 13.2 Å². The van der Waals surface area contributed by atoms with Gasteiger partial charge in [0, 0.05) is 0 Å². The molecule has 0 aromatic rings. The molecule has 0 aliphatic carbocycles. The van der Waals surface area contributed by atoms with Crippen LogP contribution in [0.15, 0.2) is 13.2 Å². The van der Waals surface area contributed by atoms with Crippen molar-refractivity contribution in [3.63, 3.8) is 0 Å². The zero-order valence-electron chi connectivity index (χ0n) is 11.2. The van der Waals surface area contributed by atoms with E-state index in [0.29, 0.717) is 0 Å². The van der Waals surface area contributed by atoms with Crippen molar-refractivity contribution in [2.24, 2.45) is 11.5 Å². The Balaban J connectivity index is -0.000000136. The second-order valence-corrected chi connectivity index (χ2v) is 6.38. The molecular formula is C8H19N2NaO10S2. The van der Waals surface area contributed by atoms with E-state index in [1.807, 2.05) is 0 Å². The molecule has 0 bridgehead atoms. The van der Waals surface area contributed by atoms with E-state index < -0.39 is 55.8 Å². The van der Waals surface area contributed by atoms with Gasteiger partial charge in [-0.15, -0.1) is 13.2 Å². The minimum atomic E-state index is -4.27. The number of hydrogen-bond donors (Lipinski definition) is 6. The Hall–Kier alpha value is -0.580. The molecule has 0 saturated carbocycles. The molecule has 0 amide bonds. The number of rotatable bonds is 6. The van der Waals surface area contributed by atoms with Gasteiger partial charge in [0.1, 0.15) is 23.6 Å². The quantitative estimate of drug-likeness (QED) is 0.149. The Bertz CT molecular complexity index is 511. The Morgan fingerprint density at radius 2 is 1.00 bits per heavy atom. The molecule has 0 spiro atoms. The number of nitrogens with two attached hydrogens (primary N) is 2. The van der Waals surface area contributed by atoms with Crippen LogP contribution in [0, 0.1) is 0 Å². The van der Waals surface area contributed by atoms with Crippen molar-refractivity contribution < 1.29 is 45.7 Å². The predicted molar refractivity (Wildman–Crippen MR) is 82.5 cm³/mol. The average Bonchev–Trinajstić information content (AvgIpc) is 2.27. The van der Waals surface area contributed by atoms with Gasteiger partial charge in [0.25, 0.3) is 20.2 Å². The molecular weight excluding hydrogens is 371 g/mol. The van der Waals surface area contributed by atoms with E-state index in [0.717, 1.165) is 0 Å². The van der Waals surface area contributed by atoms with Crippen molar-refractivity contribution >= 4 is 61.7 Å². The van der Waals surface area contributed by atoms with Crippen molar-refractivity contribution in [1.29, 1.82) is 0 Å². The van der Waals surface area contributed by atoms with Gasteiger partial charge >= 0.3 is 41.5 Å². The molecule has 0 aromatic heterocycles. The molecule has 2 unspecified atom stereocenters. The first-order chi connectivity index (χ1) is 9.65. The minimum absolute atomic E-state index is 0. The summed E-state index contributed by atoms with van der Waals surface area (Å²) in [5, 5.41) is 16.1. The molecule has 0 rings (SSSR count). The van der Waals surface area contributed by atoms with Gasteiger partial charge in [-0.1, -0.05) is 0 Å². The summed E-state index contributed by atoms with van der Waals surface area (Å²) in [6.45, 7) is 6.00. The number of carboxylic acid groups (broad SMARTS) is 2. The van der Waals surface area contributed by atoms with E-state index in [1.165, 1.54) is 0 Å². The van der Waals surface area contributed by atoms with Crippen LogP contribution in [0.5, 0.6) is 0 Å². The van der Waals surface area contributed by atoms with Crippen LogP contribution >= 0.6 is 0 Å². The molecule has 0 aliphatic rings. The number of carbonyl (C=O) groups is 2. The third kappa shape index (κ3) is 26.6. The molecule has 23 heavy (non-hydrogen) atoms. The van der Waals surface area contributed by atoms with Gasteiger partial charge in [0.15, 0.2) is 0 Å². The maximum absolute atomic E-state index is 9.96. The second-order valence-electron chi connectivity index (χ2n) is 3.39. The average molecular weight is 390 g/mol. The summed E-state index contributed by atoms with van der Waals surface area (Å²) in [5.74, 6) is -4.83. The Morgan fingerprint density at radius 1 is 0.826 bits per heavy atom. The predicted octanol–water partition coefficient (Wildman–Crippen LogP) is -3.27. The molecule has 0 aliphatic heterocycles. The van der Waals surface area contributed by atoms with Crippen LogP contribution in [0.4, 0.5) is 0 Å². The third-order valence-corrected chi connectivity index (χ3v) is 2.98. The second kappa shape index (κ2) is 13.8. The SMILES string of the molecule is C=C.NC(CS(=O)(=O)O)C(=O)O.NC(CS(=O)(=O)O)C(=O)O.[NaH]. The summed E-state index contributed by atoms with van der Waals surface area (Å²) in [4.78, 5) is 19.8. The van der Waals surface area contributed by atoms with Gasteiger partial charge in [-0.2, -0.15) is 16.8 Å². The molecule has 8 N–H and O–H groups in total. The summed E-state index contributed by atoms with van der Waals surface area (Å²) >= 11 is 0. The van der Waals surface area contributed by atoms with E-state index >= 15 is 0 Å². The Labute approximate surface area is 155 Å². The van der Waals surface area contributed by atoms with Gasteiger partial charge < -0.3 is 21.7 Å². The van der Waals surface area contributed by atoms with Crippen LogP contribution < -0.4 is 11.5 Å². The summed E-state index contributed by atoms with van der Waals surface area (Å²) in [7, 11) is -8.55. The third-order valence-electron chi connectivity index (χ3n) is 1.41. The summed E-state index contributed by atoms with van der Waals surface area (Å²) < 4.78 is 56.0. The van der Waals surface area contributed by atoms with E-state index in [4.69, 9.17) is 30.8 Å². The molecule has 0 heterocycles. The molecule has 12 nitrogen and oxygen atoms in total. The Kier molecular flexibility index (Phi) is 18.2. The number of carboxylic acids is 2. The fourth-order valence-electron chi connectivity index (χ4n) is 0.596. The van der Waals surface area contributed by atoms with Crippen molar-refractivity contribution in [3.05, 3.63) is 13.2 Å². The van der Waals surface area contributed by atoms with E-state index in [9.17, 15) is 26.4 Å². The zero-order chi connectivity index (χ0) is 18.7. The zero-order valence-corrected chi connectivity index (χ0v) is 12.8. The van der Waals surface area contributed by atoms with Crippen LogP contribution in [-0.4, -0.2) is 101 Å². The number of hydrogen-bond acceptors (Lipinski definition) is 8. The van der Waals surface area contributed by atoms with E-state index in [-0.39, 0.29) is 29.6 Å².